The van der Waals surface area contributed by atoms with Crippen LogP contribution in [0, 0.1) is 0 Å². The Morgan fingerprint density at radius 3 is 2.66 bits per heavy atom. The van der Waals surface area contributed by atoms with E-state index in [1.54, 1.807) is 6.92 Å². The maximum atomic E-state index is 12.3. The first-order valence-electron chi connectivity index (χ1n) is 9.60. The van der Waals surface area contributed by atoms with Crippen LogP contribution in [0.1, 0.15) is 19.4 Å². The average molecular weight is 419 g/mol. The summed E-state index contributed by atoms with van der Waals surface area (Å²) in [5.74, 6) is 0.344. The molecule has 1 aliphatic heterocycles. The third-order valence-electron chi connectivity index (χ3n) is 4.64. The highest BCUT2D eigenvalue weighted by atomic mass is 32.2. The number of imide groups is 1. The average Bonchev–Trinajstić information content (AvgIpc) is 3.17. The van der Waals surface area contributed by atoms with Crippen molar-refractivity contribution in [3.05, 3.63) is 29.8 Å². The van der Waals surface area contributed by atoms with E-state index >= 15 is 0 Å². The molecule has 0 saturated carbocycles. The van der Waals surface area contributed by atoms with E-state index in [1.807, 2.05) is 22.8 Å². The number of anilines is 1. The fraction of sp³-hybridized carbons (Fsp3) is 0.474. The highest BCUT2D eigenvalue weighted by molar-refractivity contribution is 8.00. The fourth-order valence-corrected chi connectivity index (χ4v) is 3.89. The molecule has 1 aromatic heterocycles. The van der Waals surface area contributed by atoms with E-state index in [0.29, 0.717) is 18.4 Å². The Kier molecular flexibility index (Phi) is 7.10. The number of para-hydroxylation sites is 1. The van der Waals surface area contributed by atoms with Gasteiger partial charge in [0, 0.05) is 20.1 Å². The molecule has 2 heterocycles. The zero-order valence-corrected chi connectivity index (χ0v) is 17.7. The van der Waals surface area contributed by atoms with Crippen molar-refractivity contribution in [1.82, 2.24) is 25.4 Å². The number of nitrogens with one attached hydrogen (secondary N) is 2. The lowest BCUT2D eigenvalue weighted by molar-refractivity contribution is -0.119. The lowest BCUT2D eigenvalue weighted by atomic mass is 10.1. The molecule has 2 aromatic rings. The van der Waals surface area contributed by atoms with Crippen LogP contribution in [0.15, 0.2) is 29.4 Å². The van der Waals surface area contributed by atoms with Gasteiger partial charge in [0.05, 0.1) is 24.2 Å². The Hall–Kier alpha value is -2.59. The van der Waals surface area contributed by atoms with Gasteiger partial charge in [0.25, 0.3) is 0 Å². The smallest absolute Gasteiger partial charge is 0.321 e. The zero-order chi connectivity index (χ0) is 20.8. The minimum Gasteiger partial charge on any atom is -0.378 e. The number of ether oxygens (including phenoxy) is 1. The predicted molar refractivity (Wildman–Crippen MR) is 112 cm³/mol. The topological polar surface area (TPSA) is 101 Å². The molecule has 156 valence electrons. The van der Waals surface area contributed by atoms with Gasteiger partial charge in [-0.25, -0.2) is 4.79 Å². The Labute approximate surface area is 174 Å². The van der Waals surface area contributed by atoms with Gasteiger partial charge in [-0.3, -0.25) is 14.7 Å². The van der Waals surface area contributed by atoms with Gasteiger partial charge in [0.15, 0.2) is 5.16 Å². The van der Waals surface area contributed by atoms with E-state index < -0.39 is 11.3 Å². The van der Waals surface area contributed by atoms with Gasteiger partial charge in [-0.2, -0.15) is 0 Å². The van der Waals surface area contributed by atoms with Crippen molar-refractivity contribution in [2.24, 2.45) is 0 Å². The number of amides is 3. The maximum Gasteiger partial charge on any atom is 0.321 e. The first-order chi connectivity index (χ1) is 14.0. The third-order valence-corrected chi connectivity index (χ3v) is 5.68. The van der Waals surface area contributed by atoms with Crippen LogP contribution < -0.4 is 15.5 Å². The number of aryl methyl sites for hydroxylation is 1. The number of carbonyl (C=O) groups excluding carboxylic acids is 2. The lowest BCUT2D eigenvalue weighted by Gasteiger charge is -2.28. The summed E-state index contributed by atoms with van der Waals surface area (Å²) in [6, 6.07) is 7.57. The minimum atomic E-state index is -0.533. The fourth-order valence-electron chi connectivity index (χ4n) is 3.03. The Morgan fingerprint density at radius 1 is 1.24 bits per heavy atom. The molecule has 0 aliphatic carbocycles. The number of hydrogen-bond donors (Lipinski definition) is 2. The van der Waals surface area contributed by atoms with Crippen LogP contribution in [0.25, 0.3) is 5.69 Å². The molecule has 0 bridgehead atoms. The molecular formula is C19H26N6O3S. The standard InChI is InChI=1S/C19H26N6O3S/c1-4-14-7-5-6-8-15(14)25-18(24-9-11-28-12-10-24)22-23-19(25)29-13(2)16(26)21-17(27)20-3/h5-8,13H,4,9-12H2,1-3H3,(H2,20,21,26,27)/t13-/m1/s1. The normalized spacial score (nSPS) is 15.1. The number of rotatable bonds is 6. The van der Waals surface area contributed by atoms with Crippen molar-refractivity contribution in [2.45, 2.75) is 30.7 Å². The first-order valence-corrected chi connectivity index (χ1v) is 10.5. The van der Waals surface area contributed by atoms with Gasteiger partial charge in [0.1, 0.15) is 0 Å². The number of urea groups is 1. The number of nitrogens with zero attached hydrogens (tertiary/aromatic N) is 4. The van der Waals surface area contributed by atoms with E-state index in [0.717, 1.165) is 36.7 Å². The molecule has 0 radical (unpaired) electrons. The van der Waals surface area contributed by atoms with Crippen LogP contribution in [0.4, 0.5) is 10.7 Å². The number of aromatic nitrogens is 3. The Morgan fingerprint density at radius 2 is 1.97 bits per heavy atom. The molecule has 1 aromatic carbocycles. The summed E-state index contributed by atoms with van der Waals surface area (Å²) in [6.45, 7) is 6.56. The molecule has 1 atom stereocenters. The van der Waals surface area contributed by atoms with E-state index in [1.165, 1.54) is 18.8 Å². The first kappa shape index (κ1) is 21.1. The lowest BCUT2D eigenvalue weighted by Crippen LogP contribution is -2.41. The quantitative estimate of drug-likeness (QED) is 0.687. The van der Waals surface area contributed by atoms with E-state index in [2.05, 4.69) is 38.7 Å². The molecule has 1 aliphatic rings. The van der Waals surface area contributed by atoms with Gasteiger partial charge < -0.3 is 15.0 Å². The summed E-state index contributed by atoms with van der Waals surface area (Å²) in [7, 11) is 1.47. The van der Waals surface area contributed by atoms with Crippen LogP contribution in [0.5, 0.6) is 0 Å². The van der Waals surface area contributed by atoms with Crippen molar-refractivity contribution in [3.8, 4) is 5.69 Å². The number of hydrogen-bond acceptors (Lipinski definition) is 7. The molecule has 3 rings (SSSR count). The molecule has 29 heavy (non-hydrogen) atoms. The molecule has 2 N–H and O–H groups in total. The van der Waals surface area contributed by atoms with Gasteiger partial charge in [-0.15, -0.1) is 10.2 Å². The summed E-state index contributed by atoms with van der Waals surface area (Å²) in [5, 5.41) is 13.6. The SMILES string of the molecule is CCc1ccccc1-n1c(S[C@H](C)C(=O)NC(=O)NC)nnc1N1CCOCC1. The summed E-state index contributed by atoms with van der Waals surface area (Å²) in [6.07, 6.45) is 0.855. The van der Waals surface area contributed by atoms with Crippen molar-refractivity contribution in [1.29, 1.82) is 0 Å². The summed E-state index contributed by atoms with van der Waals surface area (Å²) in [5.41, 5.74) is 2.15. The summed E-state index contributed by atoms with van der Waals surface area (Å²) < 4.78 is 7.47. The molecular weight excluding hydrogens is 392 g/mol. The number of carbonyl (C=O) groups is 2. The minimum absolute atomic E-state index is 0.388. The number of thioether (sulfide) groups is 1. The van der Waals surface area contributed by atoms with Crippen molar-refractivity contribution >= 4 is 29.6 Å². The second-order valence-electron chi connectivity index (χ2n) is 6.53. The monoisotopic (exact) mass is 418 g/mol. The maximum absolute atomic E-state index is 12.3. The van der Waals surface area contributed by atoms with Crippen LogP contribution in [0.2, 0.25) is 0 Å². The van der Waals surface area contributed by atoms with E-state index in [-0.39, 0.29) is 5.91 Å². The van der Waals surface area contributed by atoms with Gasteiger partial charge in [-0.1, -0.05) is 36.9 Å². The second kappa shape index (κ2) is 9.75. The van der Waals surface area contributed by atoms with Crippen molar-refractivity contribution in [3.63, 3.8) is 0 Å². The molecule has 1 fully saturated rings. The molecule has 9 nitrogen and oxygen atoms in total. The Balaban J connectivity index is 1.95. The van der Waals surface area contributed by atoms with Gasteiger partial charge in [0.2, 0.25) is 11.9 Å². The number of morpholine rings is 1. The highest BCUT2D eigenvalue weighted by Crippen LogP contribution is 2.31. The molecule has 10 heteroatoms. The summed E-state index contributed by atoms with van der Waals surface area (Å²) >= 11 is 1.27. The van der Waals surface area contributed by atoms with Crippen molar-refractivity contribution in [2.75, 3.05) is 38.3 Å². The third kappa shape index (κ3) is 4.88. The molecule has 1 saturated heterocycles. The highest BCUT2D eigenvalue weighted by Gasteiger charge is 2.26. The van der Waals surface area contributed by atoms with Crippen molar-refractivity contribution < 1.29 is 14.3 Å². The van der Waals surface area contributed by atoms with E-state index in [4.69, 9.17) is 4.74 Å². The number of benzene rings is 1. The predicted octanol–water partition coefficient (Wildman–Crippen LogP) is 1.60. The second-order valence-corrected chi connectivity index (χ2v) is 7.84. The van der Waals surface area contributed by atoms with E-state index in [9.17, 15) is 9.59 Å². The van der Waals surface area contributed by atoms with Gasteiger partial charge in [-0.05, 0) is 25.0 Å². The molecule has 0 spiro atoms. The van der Waals surface area contributed by atoms with Gasteiger partial charge >= 0.3 is 6.03 Å². The van der Waals surface area contributed by atoms with Crippen LogP contribution in [0.3, 0.4) is 0 Å². The van der Waals surface area contributed by atoms with Crippen LogP contribution in [-0.2, 0) is 16.0 Å². The molecule has 3 amide bonds. The summed E-state index contributed by atoms with van der Waals surface area (Å²) in [4.78, 5) is 25.9. The van der Waals surface area contributed by atoms with Crippen LogP contribution >= 0.6 is 11.8 Å². The van der Waals surface area contributed by atoms with Crippen LogP contribution in [-0.4, -0.2) is 65.3 Å². The zero-order valence-electron chi connectivity index (χ0n) is 16.8. The Bertz CT molecular complexity index is 865. The largest absolute Gasteiger partial charge is 0.378 e. The molecule has 0 unspecified atom stereocenters.